The minimum atomic E-state index is -0.237. The molecule has 1 aromatic heterocycles. The Hall–Kier alpha value is -2.44. The molecule has 0 radical (unpaired) electrons. The first-order valence-electron chi connectivity index (χ1n) is 9.48. The zero-order valence-corrected chi connectivity index (χ0v) is 14.8. The number of allylic oxidation sites excluding steroid dienone is 2. The third-order valence-electron chi connectivity index (χ3n) is 5.77. The average molecular weight is 356 g/mol. The van der Waals surface area contributed by atoms with Crippen LogP contribution in [0.2, 0.25) is 0 Å². The maximum atomic E-state index is 12.4. The summed E-state index contributed by atoms with van der Waals surface area (Å²) in [7, 11) is 0. The highest BCUT2D eigenvalue weighted by molar-refractivity contribution is 6.05. The number of hydrogen-bond acceptors (Lipinski definition) is 4. The smallest absolute Gasteiger partial charge is 0.233 e. The van der Waals surface area contributed by atoms with E-state index in [1.165, 1.54) is 17.7 Å². The van der Waals surface area contributed by atoms with Gasteiger partial charge in [0, 0.05) is 19.0 Å². The predicted molar refractivity (Wildman–Crippen MR) is 95.1 cm³/mol. The van der Waals surface area contributed by atoms with Gasteiger partial charge in [0.25, 0.3) is 0 Å². The zero-order chi connectivity index (χ0) is 18.1. The Labute approximate surface area is 152 Å². The van der Waals surface area contributed by atoms with E-state index >= 15 is 0 Å². The Kier molecular flexibility index (Phi) is 4.61. The van der Waals surface area contributed by atoms with E-state index in [-0.39, 0.29) is 42.5 Å². The van der Waals surface area contributed by atoms with Crippen molar-refractivity contribution in [2.45, 2.75) is 51.0 Å². The molecule has 1 saturated carbocycles. The van der Waals surface area contributed by atoms with E-state index in [1.807, 2.05) is 16.8 Å². The quantitative estimate of drug-likeness (QED) is 0.648. The van der Waals surface area contributed by atoms with E-state index in [1.54, 1.807) is 12.3 Å². The van der Waals surface area contributed by atoms with Crippen molar-refractivity contribution in [1.29, 1.82) is 0 Å². The van der Waals surface area contributed by atoms with Crippen LogP contribution in [-0.2, 0) is 14.4 Å². The number of fused-ring (bicyclic) bond motifs is 1. The molecule has 138 valence electrons. The summed E-state index contributed by atoms with van der Waals surface area (Å²) in [5.74, 6) is -0.239. The third-order valence-corrected chi connectivity index (χ3v) is 5.77. The van der Waals surface area contributed by atoms with Gasteiger partial charge in [-0.3, -0.25) is 19.3 Å². The van der Waals surface area contributed by atoms with Crippen LogP contribution >= 0.6 is 0 Å². The summed E-state index contributed by atoms with van der Waals surface area (Å²) in [6, 6.07) is 2.14. The molecular formula is C19H24N4O3. The summed E-state index contributed by atoms with van der Waals surface area (Å²) >= 11 is 0. The molecule has 1 N–H and O–H groups in total. The van der Waals surface area contributed by atoms with Crippen molar-refractivity contribution in [2.75, 3.05) is 11.9 Å². The van der Waals surface area contributed by atoms with E-state index in [0.29, 0.717) is 24.7 Å². The lowest BCUT2D eigenvalue weighted by atomic mass is 9.85. The van der Waals surface area contributed by atoms with Crippen LogP contribution < -0.4 is 5.32 Å². The first-order chi connectivity index (χ1) is 12.6. The fourth-order valence-electron chi connectivity index (χ4n) is 4.36. The Morgan fingerprint density at radius 2 is 1.77 bits per heavy atom. The highest BCUT2D eigenvalue weighted by Crippen LogP contribution is 2.35. The molecule has 0 spiro atoms. The van der Waals surface area contributed by atoms with Crippen LogP contribution in [0.3, 0.4) is 0 Å². The monoisotopic (exact) mass is 356 g/mol. The molecular weight excluding hydrogens is 332 g/mol. The lowest BCUT2D eigenvalue weighted by Crippen LogP contribution is -2.34. The third kappa shape index (κ3) is 3.06. The number of nitrogens with zero attached hydrogens (tertiary/aromatic N) is 3. The molecule has 2 aliphatic carbocycles. The molecule has 0 unspecified atom stereocenters. The molecule has 3 aliphatic rings. The van der Waals surface area contributed by atoms with Gasteiger partial charge in [-0.15, -0.1) is 0 Å². The van der Waals surface area contributed by atoms with Crippen LogP contribution in [0, 0.1) is 11.8 Å². The van der Waals surface area contributed by atoms with E-state index in [0.717, 1.165) is 12.8 Å². The zero-order valence-electron chi connectivity index (χ0n) is 14.8. The molecule has 3 amide bonds. The molecule has 0 bridgehead atoms. The number of anilines is 1. The summed E-state index contributed by atoms with van der Waals surface area (Å²) < 4.78 is 1.89. The van der Waals surface area contributed by atoms with Gasteiger partial charge in [-0.1, -0.05) is 25.0 Å². The largest absolute Gasteiger partial charge is 0.311 e. The number of rotatable bonds is 5. The molecule has 1 saturated heterocycles. The molecule has 0 aromatic carbocycles. The molecule has 7 nitrogen and oxygen atoms in total. The van der Waals surface area contributed by atoms with Gasteiger partial charge in [0.05, 0.1) is 24.1 Å². The standard InChI is InChI=1S/C19H24N4O3/c24-17(21-16-9-11-20-23(16)13-5-1-2-6-13)10-12-22-18(25)14-7-3-4-8-15(14)19(22)26/h3-4,9,11,13-15H,1-2,5-8,10,12H2,(H,21,24)/t14-,15-/m0/s1. The van der Waals surface area contributed by atoms with Crippen molar-refractivity contribution in [3.05, 3.63) is 24.4 Å². The van der Waals surface area contributed by atoms with E-state index in [2.05, 4.69) is 10.4 Å². The van der Waals surface area contributed by atoms with Crippen molar-refractivity contribution >= 4 is 23.5 Å². The second-order valence-corrected chi connectivity index (χ2v) is 7.38. The van der Waals surface area contributed by atoms with Crippen LogP contribution in [0.4, 0.5) is 5.82 Å². The van der Waals surface area contributed by atoms with Crippen molar-refractivity contribution in [3.8, 4) is 0 Å². The summed E-state index contributed by atoms with van der Waals surface area (Å²) in [5, 5.41) is 7.22. The van der Waals surface area contributed by atoms with Gasteiger partial charge in [0.15, 0.2) is 0 Å². The molecule has 2 atom stereocenters. The molecule has 1 aromatic rings. The summed E-state index contributed by atoms with van der Waals surface area (Å²) in [6.45, 7) is 0.147. The van der Waals surface area contributed by atoms with Gasteiger partial charge >= 0.3 is 0 Å². The summed E-state index contributed by atoms with van der Waals surface area (Å²) in [4.78, 5) is 38.5. The van der Waals surface area contributed by atoms with Gasteiger partial charge in [-0.25, -0.2) is 4.68 Å². The number of amides is 3. The SMILES string of the molecule is O=C(CCN1C(=O)[C@H]2CC=CC[C@@H]2C1=O)Nc1ccnn1C1CCCC1. The minimum absolute atomic E-state index is 0.111. The number of carbonyl (C=O) groups is 3. The normalized spacial score (nSPS) is 25.8. The lowest BCUT2D eigenvalue weighted by Gasteiger charge is -2.16. The van der Waals surface area contributed by atoms with Gasteiger partial charge < -0.3 is 5.32 Å². The summed E-state index contributed by atoms with van der Waals surface area (Å²) in [6.07, 6.45) is 11.5. The first-order valence-corrected chi connectivity index (χ1v) is 9.48. The molecule has 2 heterocycles. The fraction of sp³-hybridized carbons (Fsp3) is 0.579. The number of imide groups is 1. The van der Waals surface area contributed by atoms with E-state index in [4.69, 9.17) is 0 Å². The molecule has 1 aliphatic heterocycles. The fourth-order valence-corrected chi connectivity index (χ4v) is 4.36. The summed E-state index contributed by atoms with van der Waals surface area (Å²) in [5.41, 5.74) is 0. The number of aromatic nitrogens is 2. The van der Waals surface area contributed by atoms with Crippen LogP contribution in [0.15, 0.2) is 24.4 Å². The second kappa shape index (κ2) is 7.05. The highest BCUT2D eigenvalue weighted by Gasteiger charge is 2.46. The van der Waals surface area contributed by atoms with Gasteiger partial charge in [0.1, 0.15) is 5.82 Å². The second-order valence-electron chi connectivity index (χ2n) is 7.38. The molecule has 26 heavy (non-hydrogen) atoms. The molecule has 4 rings (SSSR count). The van der Waals surface area contributed by atoms with E-state index < -0.39 is 0 Å². The maximum Gasteiger partial charge on any atom is 0.233 e. The topological polar surface area (TPSA) is 84.3 Å². The van der Waals surface area contributed by atoms with Crippen LogP contribution in [0.1, 0.15) is 51.0 Å². The van der Waals surface area contributed by atoms with Gasteiger partial charge in [-0.05, 0) is 25.7 Å². The Morgan fingerprint density at radius 1 is 1.12 bits per heavy atom. The van der Waals surface area contributed by atoms with Crippen LogP contribution in [0.25, 0.3) is 0 Å². The lowest BCUT2D eigenvalue weighted by molar-refractivity contribution is -0.140. The number of nitrogens with one attached hydrogen (secondary N) is 1. The molecule has 7 heteroatoms. The van der Waals surface area contributed by atoms with Crippen molar-refractivity contribution in [2.24, 2.45) is 11.8 Å². The number of likely N-dealkylation sites (tertiary alicyclic amines) is 1. The Bertz CT molecular complexity index is 722. The van der Waals surface area contributed by atoms with Crippen molar-refractivity contribution in [1.82, 2.24) is 14.7 Å². The minimum Gasteiger partial charge on any atom is -0.311 e. The van der Waals surface area contributed by atoms with Crippen LogP contribution in [-0.4, -0.2) is 38.9 Å². The van der Waals surface area contributed by atoms with Crippen molar-refractivity contribution in [3.63, 3.8) is 0 Å². The number of carbonyl (C=O) groups excluding carboxylic acids is 3. The van der Waals surface area contributed by atoms with Crippen molar-refractivity contribution < 1.29 is 14.4 Å². The van der Waals surface area contributed by atoms with Crippen LogP contribution in [0.5, 0.6) is 0 Å². The Morgan fingerprint density at radius 3 is 2.42 bits per heavy atom. The van der Waals surface area contributed by atoms with E-state index in [9.17, 15) is 14.4 Å². The first kappa shape index (κ1) is 17.0. The van der Waals surface area contributed by atoms with Gasteiger partial charge in [-0.2, -0.15) is 5.10 Å². The van der Waals surface area contributed by atoms with Gasteiger partial charge in [0.2, 0.25) is 17.7 Å². The maximum absolute atomic E-state index is 12.4. The predicted octanol–water partition coefficient (Wildman–Crippen LogP) is 2.28. The Balaban J connectivity index is 1.34. The molecule has 2 fully saturated rings. The number of hydrogen-bond donors (Lipinski definition) is 1. The average Bonchev–Trinajstić information content (AvgIpc) is 3.36. The highest BCUT2D eigenvalue weighted by atomic mass is 16.2.